The molecule has 0 saturated carbocycles. The van der Waals surface area contributed by atoms with Gasteiger partial charge in [-0.3, -0.25) is 9.88 Å². The van der Waals surface area contributed by atoms with Crippen LogP contribution in [-0.2, 0) is 17.7 Å². The van der Waals surface area contributed by atoms with Crippen LogP contribution >= 0.6 is 0 Å². The van der Waals surface area contributed by atoms with Crippen molar-refractivity contribution in [3.8, 4) is 0 Å². The predicted octanol–water partition coefficient (Wildman–Crippen LogP) is 3.61. The Morgan fingerprint density at radius 2 is 2.08 bits per heavy atom. The molecule has 1 aromatic heterocycles. The minimum atomic E-state index is -0.112. The van der Waals surface area contributed by atoms with Gasteiger partial charge in [0.15, 0.2) is 0 Å². The highest BCUT2D eigenvalue weighted by molar-refractivity contribution is 5.19. The molecular formula is C20H25FN2O. The first-order valence-corrected chi connectivity index (χ1v) is 8.56. The topological polar surface area (TPSA) is 25.4 Å². The molecule has 1 aliphatic heterocycles. The van der Waals surface area contributed by atoms with E-state index < -0.39 is 0 Å². The van der Waals surface area contributed by atoms with Crippen molar-refractivity contribution in [3.05, 3.63) is 65.2 Å². The van der Waals surface area contributed by atoms with Crippen molar-refractivity contribution in [2.24, 2.45) is 5.92 Å². The average molecular weight is 328 g/mol. The third-order valence-corrected chi connectivity index (χ3v) is 5.01. The van der Waals surface area contributed by atoms with E-state index in [1.54, 1.807) is 13.2 Å². The molecule has 1 saturated heterocycles. The molecule has 0 spiro atoms. The molecule has 3 nitrogen and oxygen atoms in total. The van der Waals surface area contributed by atoms with Crippen LogP contribution in [0.2, 0.25) is 0 Å². The Kier molecular flexibility index (Phi) is 5.59. The fraction of sp³-hybridized carbons (Fsp3) is 0.450. The number of hydrogen-bond donors (Lipinski definition) is 0. The molecule has 2 atom stereocenters. The molecule has 0 amide bonds. The van der Waals surface area contributed by atoms with E-state index in [-0.39, 0.29) is 11.9 Å². The number of aryl methyl sites for hydroxylation is 1. The second-order valence-electron chi connectivity index (χ2n) is 6.62. The number of aromatic nitrogens is 1. The van der Waals surface area contributed by atoms with Crippen molar-refractivity contribution in [1.82, 2.24) is 9.88 Å². The zero-order chi connectivity index (χ0) is 16.9. The standard InChI is InChI=1S/C20H25FN2O/c1-15-6-5-10-22-19(15)13-23-11-9-17(20(14-23)24-2)12-16-7-3-4-8-18(16)21/h3-8,10,17,20H,9,11-14H2,1-2H3/t17-,20+/m1/s1. The molecule has 1 aliphatic rings. The smallest absolute Gasteiger partial charge is 0.126 e. The van der Waals surface area contributed by atoms with Crippen LogP contribution in [0.3, 0.4) is 0 Å². The van der Waals surface area contributed by atoms with Gasteiger partial charge < -0.3 is 4.74 Å². The van der Waals surface area contributed by atoms with Gasteiger partial charge in [-0.15, -0.1) is 0 Å². The summed E-state index contributed by atoms with van der Waals surface area (Å²) in [5.74, 6) is 0.242. The lowest BCUT2D eigenvalue weighted by molar-refractivity contribution is -0.0141. The molecule has 0 bridgehead atoms. The number of nitrogens with zero attached hydrogens (tertiary/aromatic N) is 2. The quantitative estimate of drug-likeness (QED) is 0.838. The normalized spacial score (nSPS) is 21.8. The number of pyridine rings is 1. The van der Waals surface area contributed by atoms with Gasteiger partial charge in [0.25, 0.3) is 0 Å². The molecule has 0 aliphatic carbocycles. The molecule has 2 heterocycles. The first-order valence-electron chi connectivity index (χ1n) is 8.56. The zero-order valence-corrected chi connectivity index (χ0v) is 14.4. The van der Waals surface area contributed by atoms with Gasteiger partial charge in [0.05, 0.1) is 11.8 Å². The highest BCUT2D eigenvalue weighted by Gasteiger charge is 2.30. The minimum Gasteiger partial charge on any atom is -0.380 e. The second-order valence-corrected chi connectivity index (χ2v) is 6.62. The van der Waals surface area contributed by atoms with Gasteiger partial charge in [0.1, 0.15) is 5.82 Å². The van der Waals surface area contributed by atoms with Gasteiger partial charge in [-0.05, 0) is 55.5 Å². The van der Waals surface area contributed by atoms with E-state index in [1.807, 2.05) is 24.4 Å². The number of piperidine rings is 1. The molecule has 3 rings (SSSR count). The first-order chi connectivity index (χ1) is 11.7. The van der Waals surface area contributed by atoms with Crippen LogP contribution < -0.4 is 0 Å². The summed E-state index contributed by atoms with van der Waals surface area (Å²) < 4.78 is 19.7. The molecule has 4 heteroatoms. The van der Waals surface area contributed by atoms with E-state index in [9.17, 15) is 4.39 Å². The minimum absolute atomic E-state index is 0.112. The number of benzene rings is 1. The van der Waals surface area contributed by atoms with E-state index in [1.165, 1.54) is 11.6 Å². The number of likely N-dealkylation sites (tertiary alicyclic amines) is 1. The number of ether oxygens (including phenoxy) is 1. The lowest BCUT2D eigenvalue weighted by atomic mass is 9.87. The van der Waals surface area contributed by atoms with E-state index in [4.69, 9.17) is 4.74 Å². The van der Waals surface area contributed by atoms with Crippen LogP contribution in [0.4, 0.5) is 4.39 Å². The van der Waals surface area contributed by atoms with Crippen molar-refractivity contribution in [2.45, 2.75) is 32.4 Å². The maximum atomic E-state index is 13.9. The molecular weight excluding hydrogens is 303 g/mol. The summed E-state index contributed by atoms with van der Waals surface area (Å²) in [6, 6.07) is 11.1. The second kappa shape index (κ2) is 7.86. The SMILES string of the molecule is CO[C@H]1CN(Cc2ncccc2C)CC[C@@H]1Cc1ccccc1F. The van der Waals surface area contributed by atoms with E-state index in [0.717, 1.165) is 43.7 Å². The monoisotopic (exact) mass is 328 g/mol. The zero-order valence-electron chi connectivity index (χ0n) is 14.4. The Hall–Kier alpha value is -1.78. The van der Waals surface area contributed by atoms with Crippen molar-refractivity contribution in [3.63, 3.8) is 0 Å². The third kappa shape index (κ3) is 4.00. The van der Waals surface area contributed by atoms with Gasteiger partial charge in [-0.25, -0.2) is 4.39 Å². The average Bonchev–Trinajstić information content (AvgIpc) is 2.60. The fourth-order valence-corrected chi connectivity index (χ4v) is 3.52. The summed E-state index contributed by atoms with van der Waals surface area (Å²) in [5.41, 5.74) is 3.14. The Balaban J connectivity index is 1.64. The molecule has 24 heavy (non-hydrogen) atoms. The summed E-state index contributed by atoms with van der Waals surface area (Å²) in [6.07, 6.45) is 3.73. The van der Waals surface area contributed by atoms with Gasteiger partial charge >= 0.3 is 0 Å². The van der Waals surface area contributed by atoms with Crippen LogP contribution in [0.15, 0.2) is 42.6 Å². The highest BCUT2D eigenvalue weighted by Crippen LogP contribution is 2.26. The van der Waals surface area contributed by atoms with Gasteiger partial charge in [-0.2, -0.15) is 0 Å². The van der Waals surface area contributed by atoms with Crippen molar-refractivity contribution in [2.75, 3.05) is 20.2 Å². The van der Waals surface area contributed by atoms with Gasteiger partial charge in [-0.1, -0.05) is 24.3 Å². The number of halogens is 1. The number of hydrogen-bond acceptors (Lipinski definition) is 3. The highest BCUT2D eigenvalue weighted by atomic mass is 19.1. The molecule has 0 N–H and O–H groups in total. The summed E-state index contributed by atoms with van der Waals surface area (Å²) in [5, 5.41) is 0. The third-order valence-electron chi connectivity index (χ3n) is 5.01. The van der Waals surface area contributed by atoms with Crippen LogP contribution in [0, 0.1) is 18.7 Å². The Bertz CT molecular complexity index is 676. The van der Waals surface area contributed by atoms with Crippen LogP contribution in [0.25, 0.3) is 0 Å². The molecule has 1 fully saturated rings. The summed E-state index contributed by atoms with van der Waals surface area (Å²) >= 11 is 0. The molecule has 128 valence electrons. The van der Waals surface area contributed by atoms with E-state index in [2.05, 4.69) is 22.9 Å². The van der Waals surface area contributed by atoms with Crippen molar-refractivity contribution >= 4 is 0 Å². The lowest BCUT2D eigenvalue weighted by Crippen LogP contribution is -2.45. The van der Waals surface area contributed by atoms with Crippen molar-refractivity contribution < 1.29 is 9.13 Å². The largest absolute Gasteiger partial charge is 0.380 e. The molecule has 0 unspecified atom stereocenters. The lowest BCUT2D eigenvalue weighted by Gasteiger charge is -2.38. The first kappa shape index (κ1) is 17.1. The maximum Gasteiger partial charge on any atom is 0.126 e. The van der Waals surface area contributed by atoms with E-state index >= 15 is 0 Å². The summed E-state index contributed by atoms with van der Waals surface area (Å²) in [6.45, 7) is 4.81. The maximum absolute atomic E-state index is 13.9. The Morgan fingerprint density at radius 1 is 1.25 bits per heavy atom. The molecule has 2 aromatic rings. The van der Waals surface area contributed by atoms with Gasteiger partial charge in [0, 0.05) is 26.4 Å². The van der Waals surface area contributed by atoms with Crippen LogP contribution in [0.5, 0.6) is 0 Å². The summed E-state index contributed by atoms with van der Waals surface area (Å²) in [4.78, 5) is 6.88. The van der Waals surface area contributed by atoms with Crippen LogP contribution in [-0.4, -0.2) is 36.2 Å². The molecule has 1 aromatic carbocycles. The fourth-order valence-electron chi connectivity index (χ4n) is 3.52. The number of methoxy groups -OCH3 is 1. The van der Waals surface area contributed by atoms with Crippen molar-refractivity contribution in [1.29, 1.82) is 0 Å². The Morgan fingerprint density at radius 3 is 2.83 bits per heavy atom. The van der Waals surface area contributed by atoms with Crippen LogP contribution in [0.1, 0.15) is 23.2 Å². The molecule has 0 radical (unpaired) electrons. The van der Waals surface area contributed by atoms with Gasteiger partial charge in [0.2, 0.25) is 0 Å². The predicted molar refractivity (Wildman–Crippen MR) is 93.3 cm³/mol. The Labute approximate surface area is 143 Å². The number of rotatable bonds is 5. The summed E-state index contributed by atoms with van der Waals surface area (Å²) in [7, 11) is 1.76. The van der Waals surface area contributed by atoms with E-state index in [0.29, 0.717) is 5.92 Å².